The molecule has 1 heterocycles. The molecular weight excluding hydrogens is 322 g/mol. The number of nitrogens with zero attached hydrogens (tertiary/aromatic N) is 1. The van der Waals surface area contributed by atoms with Gasteiger partial charge < -0.3 is 9.15 Å². The highest BCUT2D eigenvalue weighted by Gasteiger charge is 2.08. The van der Waals surface area contributed by atoms with Crippen LogP contribution in [0, 0.1) is 0 Å². The molecule has 0 saturated heterocycles. The molecule has 4 nitrogen and oxygen atoms in total. The van der Waals surface area contributed by atoms with Crippen molar-refractivity contribution >= 4 is 17.7 Å². The van der Waals surface area contributed by atoms with E-state index in [2.05, 4.69) is 4.98 Å². The molecule has 2 aromatic carbocycles. The summed E-state index contributed by atoms with van der Waals surface area (Å²) in [5.41, 5.74) is 3.53. The van der Waals surface area contributed by atoms with Crippen molar-refractivity contribution in [3.8, 4) is 11.5 Å². The molecule has 0 aliphatic carbocycles. The fourth-order valence-electron chi connectivity index (χ4n) is 2.27. The lowest BCUT2D eigenvalue weighted by Crippen LogP contribution is -2.01. The molecule has 3 aromatic rings. The zero-order chi connectivity index (χ0) is 16.8. The molecular formula is C19H17NO3S. The SMILES string of the molecule is COC(=O)c1cccc(CSCc2coc(-c3ccccc3)n2)c1. The van der Waals surface area contributed by atoms with Crippen LogP contribution >= 0.6 is 11.8 Å². The van der Waals surface area contributed by atoms with E-state index >= 15 is 0 Å². The van der Waals surface area contributed by atoms with Gasteiger partial charge in [-0.15, -0.1) is 0 Å². The van der Waals surface area contributed by atoms with Crippen molar-refractivity contribution in [1.29, 1.82) is 0 Å². The quantitative estimate of drug-likeness (QED) is 0.616. The average molecular weight is 339 g/mol. The van der Waals surface area contributed by atoms with Gasteiger partial charge in [-0.05, 0) is 29.8 Å². The van der Waals surface area contributed by atoms with E-state index in [0.29, 0.717) is 11.5 Å². The van der Waals surface area contributed by atoms with E-state index in [1.165, 1.54) is 7.11 Å². The first-order chi connectivity index (χ1) is 11.8. The van der Waals surface area contributed by atoms with Crippen LogP contribution in [-0.4, -0.2) is 18.1 Å². The van der Waals surface area contributed by atoms with Crippen molar-refractivity contribution in [2.75, 3.05) is 7.11 Å². The van der Waals surface area contributed by atoms with Gasteiger partial charge >= 0.3 is 5.97 Å². The normalized spacial score (nSPS) is 10.5. The number of carbonyl (C=O) groups excluding carboxylic acids is 1. The number of aromatic nitrogens is 1. The monoisotopic (exact) mass is 339 g/mol. The summed E-state index contributed by atoms with van der Waals surface area (Å²) in [6, 6.07) is 17.3. The van der Waals surface area contributed by atoms with Gasteiger partial charge in [-0.2, -0.15) is 11.8 Å². The highest BCUT2D eigenvalue weighted by molar-refractivity contribution is 7.97. The van der Waals surface area contributed by atoms with Gasteiger partial charge in [0, 0.05) is 17.1 Å². The third-order valence-corrected chi connectivity index (χ3v) is 4.48. The molecule has 3 rings (SSSR count). The number of ether oxygens (including phenoxy) is 1. The van der Waals surface area contributed by atoms with Gasteiger partial charge in [-0.1, -0.05) is 30.3 Å². The Morgan fingerprint density at radius 1 is 1.12 bits per heavy atom. The van der Waals surface area contributed by atoms with Crippen molar-refractivity contribution in [1.82, 2.24) is 4.98 Å². The molecule has 0 saturated carbocycles. The average Bonchev–Trinajstić information content (AvgIpc) is 3.11. The van der Waals surface area contributed by atoms with Crippen LogP contribution in [-0.2, 0) is 16.2 Å². The van der Waals surface area contributed by atoms with Crippen LogP contribution in [0.1, 0.15) is 21.6 Å². The number of oxazole rings is 1. The molecule has 0 radical (unpaired) electrons. The summed E-state index contributed by atoms with van der Waals surface area (Å²) >= 11 is 1.72. The Hall–Kier alpha value is -2.53. The lowest BCUT2D eigenvalue weighted by atomic mass is 10.1. The molecule has 5 heteroatoms. The maximum atomic E-state index is 11.5. The molecule has 1 aromatic heterocycles. The van der Waals surface area contributed by atoms with Gasteiger partial charge in [0.1, 0.15) is 6.26 Å². The third kappa shape index (κ3) is 4.06. The number of rotatable bonds is 6. The molecule has 0 N–H and O–H groups in total. The zero-order valence-corrected chi connectivity index (χ0v) is 14.1. The van der Waals surface area contributed by atoms with Crippen molar-refractivity contribution in [2.24, 2.45) is 0 Å². The smallest absolute Gasteiger partial charge is 0.337 e. The molecule has 0 amide bonds. The molecule has 0 atom stereocenters. The van der Waals surface area contributed by atoms with E-state index in [4.69, 9.17) is 9.15 Å². The highest BCUT2D eigenvalue weighted by atomic mass is 32.2. The summed E-state index contributed by atoms with van der Waals surface area (Å²) in [6.45, 7) is 0. The largest absolute Gasteiger partial charge is 0.465 e. The van der Waals surface area contributed by atoms with Gasteiger partial charge in [0.2, 0.25) is 5.89 Å². The molecule has 24 heavy (non-hydrogen) atoms. The van der Waals surface area contributed by atoms with Crippen LogP contribution in [0.3, 0.4) is 0 Å². The van der Waals surface area contributed by atoms with Crippen LogP contribution < -0.4 is 0 Å². The van der Waals surface area contributed by atoms with Crippen LogP contribution in [0.15, 0.2) is 65.3 Å². The lowest BCUT2D eigenvalue weighted by Gasteiger charge is -2.03. The van der Waals surface area contributed by atoms with E-state index in [1.54, 1.807) is 24.1 Å². The number of esters is 1. The number of hydrogen-bond acceptors (Lipinski definition) is 5. The van der Waals surface area contributed by atoms with Gasteiger partial charge in [-0.25, -0.2) is 9.78 Å². The van der Waals surface area contributed by atoms with E-state index in [-0.39, 0.29) is 5.97 Å². The molecule has 0 bridgehead atoms. The summed E-state index contributed by atoms with van der Waals surface area (Å²) in [5, 5.41) is 0. The fraction of sp³-hybridized carbons (Fsp3) is 0.158. The molecule has 0 spiro atoms. The second kappa shape index (κ2) is 7.84. The molecule has 0 fully saturated rings. The first kappa shape index (κ1) is 16.3. The lowest BCUT2D eigenvalue weighted by molar-refractivity contribution is 0.0600. The minimum Gasteiger partial charge on any atom is -0.465 e. The van der Waals surface area contributed by atoms with E-state index in [9.17, 15) is 4.79 Å². The topological polar surface area (TPSA) is 52.3 Å². The Morgan fingerprint density at radius 3 is 2.75 bits per heavy atom. The molecule has 0 aliphatic rings. The van der Waals surface area contributed by atoms with Gasteiger partial charge in [0.25, 0.3) is 0 Å². The second-order valence-corrected chi connectivity index (χ2v) is 6.18. The summed E-state index contributed by atoms with van der Waals surface area (Å²) < 4.78 is 10.3. The van der Waals surface area contributed by atoms with Crippen LogP contribution in [0.2, 0.25) is 0 Å². The van der Waals surface area contributed by atoms with E-state index in [1.807, 2.05) is 48.5 Å². The van der Waals surface area contributed by atoms with Crippen LogP contribution in [0.4, 0.5) is 0 Å². The predicted octanol–water partition coefficient (Wildman–Crippen LogP) is 4.56. The first-order valence-electron chi connectivity index (χ1n) is 7.51. The third-order valence-electron chi connectivity index (χ3n) is 3.44. The van der Waals surface area contributed by atoms with Crippen molar-refractivity contribution < 1.29 is 13.9 Å². The highest BCUT2D eigenvalue weighted by Crippen LogP contribution is 2.22. The first-order valence-corrected chi connectivity index (χ1v) is 8.66. The Bertz CT molecular complexity index is 814. The number of carbonyl (C=O) groups is 1. The number of hydrogen-bond donors (Lipinski definition) is 0. The summed E-state index contributed by atoms with van der Waals surface area (Å²) in [7, 11) is 1.39. The molecule has 122 valence electrons. The zero-order valence-electron chi connectivity index (χ0n) is 13.3. The maximum absolute atomic E-state index is 11.5. The standard InChI is InChI=1S/C19H17NO3S/c1-22-19(21)16-9-5-6-14(10-16)12-24-13-17-11-23-18(20-17)15-7-3-2-4-8-15/h2-11H,12-13H2,1H3. The predicted molar refractivity (Wildman–Crippen MR) is 94.7 cm³/mol. The van der Waals surface area contributed by atoms with Gasteiger partial charge in [0.15, 0.2) is 0 Å². The fourth-order valence-corrected chi connectivity index (χ4v) is 3.13. The number of thioether (sulfide) groups is 1. The molecule has 0 unspecified atom stereocenters. The Balaban J connectivity index is 1.57. The van der Waals surface area contributed by atoms with Crippen LogP contribution in [0.25, 0.3) is 11.5 Å². The number of benzene rings is 2. The minimum absolute atomic E-state index is 0.314. The minimum atomic E-state index is -0.314. The van der Waals surface area contributed by atoms with E-state index in [0.717, 1.165) is 28.3 Å². The second-order valence-electron chi connectivity index (χ2n) is 5.19. The number of methoxy groups -OCH3 is 1. The summed E-state index contributed by atoms with van der Waals surface area (Å²) in [6.07, 6.45) is 1.69. The van der Waals surface area contributed by atoms with Gasteiger partial charge in [-0.3, -0.25) is 0 Å². The van der Waals surface area contributed by atoms with Crippen molar-refractivity contribution in [3.05, 3.63) is 77.7 Å². The maximum Gasteiger partial charge on any atom is 0.337 e. The van der Waals surface area contributed by atoms with Crippen molar-refractivity contribution in [3.63, 3.8) is 0 Å². The Labute approximate surface area is 144 Å². The Morgan fingerprint density at radius 2 is 1.96 bits per heavy atom. The van der Waals surface area contributed by atoms with Crippen molar-refractivity contribution in [2.45, 2.75) is 11.5 Å². The van der Waals surface area contributed by atoms with E-state index < -0.39 is 0 Å². The van der Waals surface area contributed by atoms with Gasteiger partial charge in [0.05, 0.1) is 18.4 Å². The Kier molecular flexibility index (Phi) is 5.33. The van der Waals surface area contributed by atoms with Crippen LogP contribution in [0.5, 0.6) is 0 Å². The molecule has 0 aliphatic heterocycles. The summed E-state index contributed by atoms with van der Waals surface area (Å²) in [4.78, 5) is 16.1. The summed E-state index contributed by atoms with van der Waals surface area (Å²) in [5.74, 6) is 1.86.